The average molecular weight is 230 g/mol. The van der Waals surface area contributed by atoms with E-state index in [9.17, 15) is 0 Å². The molecular formula is C12H26N2O2. The van der Waals surface area contributed by atoms with Gasteiger partial charge < -0.3 is 15.2 Å². The molecule has 96 valence electrons. The molecule has 0 aromatic carbocycles. The van der Waals surface area contributed by atoms with Crippen LogP contribution in [0.25, 0.3) is 0 Å². The summed E-state index contributed by atoms with van der Waals surface area (Å²) in [6, 6.07) is 0.299. The lowest BCUT2D eigenvalue weighted by molar-refractivity contribution is -0.149. The molecule has 0 spiro atoms. The minimum atomic E-state index is -0.104. The third-order valence-corrected chi connectivity index (χ3v) is 2.88. The zero-order chi connectivity index (χ0) is 12.0. The van der Waals surface area contributed by atoms with Crippen molar-refractivity contribution in [2.24, 2.45) is 11.7 Å². The Morgan fingerprint density at radius 2 is 1.88 bits per heavy atom. The molecule has 0 aliphatic carbocycles. The van der Waals surface area contributed by atoms with E-state index in [4.69, 9.17) is 15.2 Å². The molecule has 0 bridgehead atoms. The molecule has 1 heterocycles. The highest BCUT2D eigenvalue weighted by molar-refractivity contribution is 4.79. The number of ether oxygens (including phenoxy) is 2. The topological polar surface area (TPSA) is 47.7 Å². The van der Waals surface area contributed by atoms with Crippen LogP contribution in [-0.2, 0) is 9.47 Å². The fourth-order valence-corrected chi connectivity index (χ4v) is 2.40. The number of nitrogens with two attached hydrogens (primary N) is 1. The van der Waals surface area contributed by atoms with Crippen LogP contribution in [0.1, 0.15) is 27.2 Å². The summed E-state index contributed by atoms with van der Waals surface area (Å²) in [7, 11) is 0. The Bertz CT molecular complexity index is 174. The molecule has 1 saturated heterocycles. The number of likely N-dealkylation sites (tertiary alicyclic amines) is 1. The highest BCUT2D eigenvalue weighted by Crippen LogP contribution is 2.15. The van der Waals surface area contributed by atoms with Crippen molar-refractivity contribution in [1.82, 2.24) is 4.90 Å². The van der Waals surface area contributed by atoms with Crippen LogP contribution < -0.4 is 5.73 Å². The molecule has 1 aliphatic rings. The molecule has 0 aromatic heterocycles. The highest BCUT2D eigenvalue weighted by Gasteiger charge is 2.24. The summed E-state index contributed by atoms with van der Waals surface area (Å²) in [6.07, 6.45) is 1.03. The largest absolute Gasteiger partial charge is 0.352 e. The number of hydrogen-bond acceptors (Lipinski definition) is 4. The number of hydrogen-bond donors (Lipinski definition) is 1. The van der Waals surface area contributed by atoms with E-state index in [1.165, 1.54) is 0 Å². The predicted molar refractivity (Wildman–Crippen MR) is 65.2 cm³/mol. The second-order valence-electron chi connectivity index (χ2n) is 4.66. The molecule has 2 N–H and O–H groups in total. The molecule has 1 rings (SSSR count). The first-order chi connectivity index (χ1) is 7.65. The van der Waals surface area contributed by atoms with Crippen LogP contribution in [0.4, 0.5) is 0 Å². The van der Waals surface area contributed by atoms with Gasteiger partial charge in [-0.2, -0.15) is 0 Å². The van der Waals surface area contributed by atoms with E-state index in [0.717, 1.165) is 26.1 Å². The van der Waals surface area contributed by atoms with Crippen molar-refractivity contribution < 1.29 is 9.47 Å². The molecule has 1 fully saturated rings. The number of nitrogens with zero attached hydrogens (tertiary/aromatic N) is 1. The van der Waals surface area contributed by atoms with Crippen molar-refractivity contribution in [3.05, 3.63) is 0 Å². The van der Waals surface area contributed by atoms with Crippen LogP contribution in [0, 0.1) is 5.92 Å². The van der Waals surface area contributed by atoms with Gasteiger partial charge >= 0.3 is 0 Å². The fourth-order valence-electron chi connectivity index (χ4n) is 2.40. The lowest BCUT2D eigenvalue weighted by Gasteiger charge is -2.36. The minimum Gasteiger partial charge on any atom is -0.352 e. The van der Waals surface area contributed by atoms with Crippen LogP contribution >= 0.6 is 0 Å². The standard InChI is InChI=1S/C12H26N2O2/c1-4-15-12(16-5-2)9-14-7-10(3)6-11(13)8-14/h10-12H,4-9,13H2,1-3H3. The molecule has 1 aliphatic heterocycles. The van der Waals surface area contributed by atoms with Gasteiger partial charge in [-0.1, -0.05) is 6.92 Å². The highest BCUT2D eigenvalue weighted by atomic mass is 16.7. The third-order valence-electron chi connectivity index (χ3n) is 2.88. The van der Waals surface area contributed by atoms with Crippen molar-refractivity contribution in [2.75, 3.05) is 32.8 Å². The minimum absolute atomic E-state index is 0.104. The molecule has 0 amide bonds. The van der Waals surface area contributed by atoms with Crippen LogP contribution in [-0.4, -0.2) is 50.1 Å². The first kappa shape index (κ1) is 13.9. The Labute approximate surface area is 99.1 Å². The summed E-state index contributed by atoms with van der Waals surface area (Å²) in [5, 5.41) is 0. The zero-order valence-corrected chi connectivity index (χ0v) is 10.8. The Hall–Kier alpha value is -0.160. The molecule has 0 radical (unpaired) electrons. The molecule has 4 heteroatoms. The van der Waals surface area contributed by atoms with Crippen molar-refractivity contribution in [3.63, 3.8) is 0 Å². The summed E-state index contributed by atoms with van der Waals surface area (Å²) in [6.45, 7) is 10.5. The molecule has 2 atom stereocenters. The van der Waals surface area contributed by atoms with E-state index in [2.05, 4.69) is 11.8 Å². The van der Waals surface area contributed by atoms with Crippen molar-refractivity contribution >= 4 is 0 Å². The maximum atomic E-state index is 6.02. The SMILES string of the molecule is CCOC(CN1CC(C)CC(N)C1)OCC. The van der Waals surface area contributed by atoms with Gasteiger partial charge in [-0.3, -0.25) is 4.90 Å². The molecule has 16 heavy (non-hydrogen) atoms. The number of piperidine rings is 1. The van der Waals surface area contributed by atoms with Crippen molar-refractivity contribution in [1.29, 1.82) is 0 Å². The fraction of sp³-hybridized carbons (Fsp3) is 1.00. The Morgan fingerprint density at radius 3 is 2.38 bits per heavy atom. The maximum Gasteiger partial charge on any atom is 0.170 e. The first-order valence-corrected chi connectivity index (χ1v) is 6.36. The summed E-state index contributed by atoms with van der Waals surface area (Å²) < 4.78 is 11.1. The van der Waals surface area contributed by atoms with Crippen molar-refractivity contribution in [2.45, 2.75) is 39.5 Å². The van der Waals surface area contributed by atoms with Crippen LogP contribution in [0.5, 0.6) is 0 Å². The average Bonchev–Trinajstić information content (AvgIpc) is 2.16. The van der Waals surface area contributed by atoms with E-state index >= 15 is 0 Å². The first-order valence-electron chi connectivity index (χ1n) is 6.36. The smallest absolute Gasteiger partial charge is 0.170 e. The summed E-state index contributed by atoms with van der Waals surface area (Å²) >= 11 is 0. The van der Waals surface area contributed by atoms with Crippen LogP contribution in [0.3, 0.4) is 0 Å². The van der Waals surface area contributed by atoms with Gasteiger partial charge in [-0.05, 0) is 26.2 Å². The van der Waals surface area contributed by atoms with Gasteiger partial charge in [0.1, 0.15) is 0 Å². The van der Waals surface area contributed by atoms with Crippen LogP contribution in [0.2, 0.25) is 0 Å². The third kappa shape index (κ3) is 4.78. The van der Waals surface area contributed by atoms with E-state index in [1.807, 2.05) is 13.8 Å². The Kier molecular flexibility index (Phi) is 6.28. The second-order valence-corrected chi connectivity index (χ2v) is 4.66. The lowest BCUT2D eigenvalue weighted by Crippen LogP contribution is -2.49. The van der Waals surface area contributed by atoms with E-state index in [1.54, 1.807) is 0 Å². The van der Waals surface area contributed by atoms with Gasteiger partial charge in [0.05, 0.1) is 0 Å². The molecular weight excluding hydrogens is 204 g/mol. The van der Waals surface area contributed by atoms with Crippen LogP contribution in [0.15, 0.2) is 0 Å². The Morgan fingerprint density at radius 1 is 1.25 bits per heavy atom. The Balaban J connectivity index is 2.37. The molecule has 0 saturated carbocycles. The van der Waals surface area contributed by atoms with E-state index in [-0.39, 0.29) is 6.29 Å². The van der Waals surface area contributed by atoms with Gasteiger partial charge in [0.25, 0.3) is 0 Å². The van der Waals surface area contributed by atoms with Crippen molar-refractivity contribution in [3.8, 4) is 0 Å². The predicted octanol–water partition coefficient (Wildman–Crippen LogP) is 1.05. The maximum absolute atomic E-state index is 6.02. The summed E-state index contributed by atoms with van der Waals surface area (Å²) in [5.74, 6) is 0.674. The molecule has 0 aromatic rings. The van der Waals surface area contributed by atoms with Gasteiger partial charge in [0.15, 0.2) is 6.29 Å². The quantitative estimate of drug-likeness (QED) is 0.693. The van der Waals surface area contributed by atoms with E-state index in [0.29, 0.717) is 25.2 Å². The van der Waals surface area contributed by atoms with E-state index < -0.39 is 0 Å². The second kappa shape index (κ2) is 7.22. The summed E-state index contributed by atoms with van der Waals surface area (Å²) in [5.41, 5.74) is 6.02. The molecule has 4 nitrogen and oxygen atoms in total. The molecule has 2 unspecified atom stereocenters. The number of rotatable bonds is 6. The van der Waals surface area contributed by atoms with Gasteiger partial charge in [-0.25, -0.2) is 0 Å². The summed E-state index contributed by atoms with van der Waals surface area (Å²) in [4.78, 5) is 2.36. The zero-order valence-electron chi connectivity index (χ0n) is 10.8. The van der Waals surface area contributed by atoms with Gasteiger partial charge in [0, 0.05) is 38.9 Å². The van der Waals surface area contributed by atoms with Gasteiger partial charge in [-0.15, -0.1) is 0 Å². The lowest BCUT2D eigenvalue weighted by atomic mass is 9.97. The monoisotopic (exact) mass is 230 g/mol. The normalized spacial score (nSPS) is 27.6. The van der Waals surface area contributed by atoms with Gasteiger partial charge in [0.2, 0.25) is 0 Å².